The van der Waals surface area contributed by atoms with Gasteiger partial charge in [-0.2, -0.15) is 0 Å². The molecule has 0 aliphatic rings. The van der Waals surface area contributed by atoms with Gasteiger partial charge in [-0.25, -0.2) is 4.79 Å². The summed E-state index contributed by atoms with van der Waals surface area (Å²) in [5, 5.41) is 3.19. The van der Waals surface area contributed by atoms with E-state index in [2.05, 4.69) is 17.2 Å². The largest absolute Gasteiger partial charge is 0.445 e. The minimum absolute atomic E-state index is 0.206. The van der Waals surface area contributed by atoms with Gasteiger partial charge in [0.15, 0.2) is 0 Å². The molecule has 0 heterocycles. The molecule has 0 aliphatic carbocycles. The maximum atomic E-state index is 11.5. The molecule has 0 aromatic heterocycles. The molecule has 0 spiro atoms. The molecule has 2 aromatic rings. The van der Waals surface area contributed by atoms with E-state index in [-0.39, 0.29) is 13.2 Å². The van der Waals surface area contributed by atoms with Crippen LogP contribution in [0.25, 0.3) is 0 Å². The highest BCUT2D eigenvalue weighted by Gasteiger charge is 2.00. The zero-order valence-corrected chi connectivity index (χ0v) is 13.0. The minimum atomic E-state index is -0.492. The van der Waals surface area contributed by atoms with E-state index >= 15 is 0 Å². The second kappa shape index (κ2) is 8.11. The van der Waals surface area contributed by atoms with Gasteiger partial charge >= 0.3 is 6.09 Å². The fourth-order valence-corrected chi connectivity index (χ4v) is 2.03. The molecular formula is C18H16ClNO2. The zero-order valence-electron chi connectivity index (χ0n) is 12.2. The van der Waals surface area contributed by atoms with Gasteiger partial charge in [-0.15, -0.1) is 0 Å². The van der Waals surface area contributed by atoms with Crippen molar-refractivity contribution in [2.75, 3.05) is 6.54 Å². The third-order valence-corrected chi connectivity index (χ3v) is 3.19. The van der Waals surface area contributed by atoms with Crippen LogP contribution in [0.5, 0.6) is 0 Å². The van der Waals surface area contributed by atoms with Gasteiger partial charge in [0.25, 0.3) is 0 Å². The van der Waals surface area contributed by atoms with Gasteiger partial charge in [0, 0.05) is 5.56 Å². The molecule has 3 nitrogen and oxygen atoms in total. The molecule has 0 fully saturated rings. The lowest BCUT2D eigenvalue weighted by Crippen LogP contribution is -2.24. The highest BCUT2D eigenvalue weighted by molar-refractivity contribution is 6.31. The molecule has 0 bridgehead atoms. The van der Waals surface area contributed by atoms with Gasteiger partial charge in [-0.1, -0.05) is 59.8 Å². The number of ether oxygens (including phenoxy) is 1. The van der Waals surface area contributed by atoms with Crippen LogP contribution in [0.3, 0.4) is 0 Å². The molecule has 0 radical (unpaired) electrons. The van der Waals surface area contributed by atoms with Crippen LogP contribution in [0, 0.1) is 18.8 Å². The van der Waals surface area contributed by atoms with Crippen LogP contribution < -0.4 is 5.32 Å². The quantitative estimate of drug-likeness (QED) is 0.872. The summed E-state index contributed by atoms with van der Waals surface area (Å²) in [4.78, 5) is 11.5. The summed E-state index contributed by atoms with van der Waals surface area (Å²) in [7, 11) is 0. The number of hydrogen-bond acceptors (Lipinski definition) is 2. The van der Waals surface area contributed by atoms with Gasteiger partial charge in [-0.05, 0) is 30.2 Å². The molecule has 1 amide bonds. The van der Waals surface area contributed by atoms with Crippen LogP contribution in [0.2, 0.25) is 5.02 Å². The van der Waals surface area contributed by atoms with E-state index in [9.17, 15) is 4.79 Å². The van der Waals surface area contributed by atoms with Crippen molar-refractivity contribution in [3.05, 3.63) is 70.2 Å². The summed E-state index contributed by atoms with van der Waals surface area (Å²) in [5.41, 5.74) is 2.76. The number of halogens is 1. The number of rotatable bonds is 3. The van der Waals surface area contributed by atoms with Crippen LogP contribution in [-0.4, -0.2) is 12.6 Å². The van der Waals surface area contributed by atoms with Gasteiger partial charge in [0.2, 0.25) is 0 Å². The van der Waals surface area contributed by atoms with Crippen LogP contribution in [-0.2, 0) is 11.3 Å². The Morgan fingerprint density at radius 2 is 2.00 bits per heavy atom. The molecule has 22 heavy (non-hydrogen) atoms. The third kappa shape index (κ3) is 5.16. The van der Waals surface area contributed by atoms with Gasteiger partial charge in [0.1, 0.15) is 6.61 Å². The molecule has 4 heteroatoms. The summed E-state index contributed by atoms with van der Waals surface area (Å²) < 4.78 is 5.08. The van der Waals surface area contributed by atoms with Crippen LogP contribution in [0.15, 0.2) is 48.5 Å². The van der Waals surface area contributed by atoms with Crippen molar-refractivity contribution >= 4 is 17.7 Å². The van der Waals surface area contributed by atoms with Crippen molar-refractivity contribution in [2.45, 2.75) is 13.5 Å². The Balaban J connectivity index is 1.76. The van der Waals surface area contributed by atoms with Gasteiger partial charge < -0.3 is 10.1 Å². The number of benzene rings is 2. The Morgan fingerprint density at radius 3 is 2.73 bits per heavy atom. The minimum Gasteiger partial charge on any atom is -0.445 e. The molecular weight excluding hydrogens is 298 g/mol. The summed E-state index contributed by atoms with van der Waals surface area (Å²) in [6.45, 7) is 2.41. The van der Waals surface area contributed by atoms with Crippen molar-refractivity contribution in [2.24, 2.45) is 0 Å². The maximum absolute atomic E-state index is 11.5. The standard InChI is InChI=1S/C18H16ClNO2/c1-14-9-10-16(17(19)12-14)8-5-11-20-18(21)22-13-15-6-3-2-4-7-15/h2-4,6-7,9-10,12H,11,13H2,1H3,(H,20,21). The molecule has 1 N–H and O–H groups in total. The van der Waals surface area contributed by atoms with Gasteiger partial charge in [0.05, 0.1) is 11.6 Å². The first kappa shape index (κ1) is 15.9. The molecule has 0 saturated heterocycles. The van der Waals surface area contributed by atoms with Gasteiger partial charge in [-0.3, -0.25) is 0 Å². The Labute approximate surface area is 135 Å². The summed E-state index contributed by atoms with van der Waals surface area (Å²) in [6, 6.07) is 15.2. The lowest BCUT2D eigenvalue weighted by atomic mass is 10.1. The second-order valence-corrected chi connectivity index (χ2v) is 5.11. The highest BCUT2D eigenvalue weighted by atomic mass is 35.5. The molecule has 2 aromatic carbocycles. The van der Waals surface area contributed by atoms with E-state index in [0.717, 1.165) is 16.7 Å². The molecule has 0 aliphatic heterocycles. The molecule has 112 valence electrons. The van der Waals surface area contributed by atoms with E-state index in [1.54, 1.807) is 0 Å². The Bertz CT molecular complexity index is 702. The van der Waals surface area contributed by atoms with E-state index in [1.807, 2.05) is 55.5 Å². The number of nitrogens with one attached hydrogen (secondary N) is 1. The zero-order chi connectivity index (χ0) is 15.8. The Morgan fingerprint density at radius 1 is 1.23 bits per heavy atom. The average molecular weight is 314 g/mol. The van der Waals surface area contributed by atoms with Crippen LogP contribution in [0.1, 0.15) is 16.7 Å². The maximum Gasteiger partial charge on any atom is 0.408 e. The first-order valence-corrected chi connectivity index (χ1v) is 7.22. The number of carbonyl (C=O) groups excluding carboxylic acids is 1. The van der Waals surface area contributed by atoms with Crippen LogP contribution >= 0.6 is 11.6 Å². The third-order valence-electron chi connectivity index (χ3n) is 2.88. The predicted molar refractivity (Wildman–Crippen MR) is 87.7 cm³/mol. The van der Waals surface area contributed by atoms with Crippen molar-refractivity contribution in [1.82, 2.24) is 5.32 Å². The molecule has 2 rings (SSSR count). The van der Waals surface area contributed by atoms with E-state index in [4.69, 9.17) is 16.3 Å². The topological polar surface area (TPSA) is 38.3 Å². The highest BCUT2D eigenvalue weighted by Crippen LogP contribution is 2.16. The Hall–Kier alpha value is -2.44. The summed E-state index contributed by atoms with van der Waals surface area (Å²) in [6.07, 6.45) is -0.492. The molecule has 0 atom stereocenters. The van der Waals surface area contributed by atoms with Crippen molar-refractivity contribution in [3.63, 3.8) is 0 Å². The first-order chi connectivity index (χ1) is 10.6. The second-order valence-electron chi connectivity index (χ2n) is 4.70. The van der Waals surface area contributed by atoms with Crippen molar-refractivity contribution in [3.8, 4) is 11.8 Å². The monoisotopic (exact) mass is 313 g/mol. The molecule has 0 saturated carbocycles. The number of aryl methyl sites for hydroxylation is 1. The lowest BCUT2D eigenvalue weighted by molar-refractivity contribution is 0.141. The van der Waals surface area contributed by atoms with Crippen LogP contribution in [0.4, 0.5) is 4.79 Å². The fraction of sp³-hybridized carbons (Fsp3) is 0.167. The van der Waals surface area contributed by atoms with E-state index in [1.165, 1.54) is 0 Å². The number of alkyl carbamates (subject to hydrolysis) is 1. The number of hydrogen-bond donors (Lipinski definition) is 1. The SMILES string of the molecule is Cc1ccc(C#CCNC(=O)OCc2ccccc2)c(Cl)c1. The normalized spacial score (nSPS) is 9.55. The predicted octanol–water partition coefficient (Wildman–Crippen LogP) is 3.93. The number of carbonyl (C=O) groups is 1. The van der Waals surface area contributed by atoms with Crippen molar-refractivity contribution < 1.29 is 9.53 Å². The Kier molecular flexibility index (Phi) is 5.88. The van der Waals surface area contributed by atoms with E-state index < -0.39 is 6.09 Å². The lowest BCUT2D eigenvalue weighted by Gasteiger charge is -2.04. The van der Waals surface area contributed by atoms with E-state index in [0.29, 0.717) is 5.02 Å². The summed E-state index contributed by atoms with van der Waals surface area (Å²) in [5.74, 6) is 5.76. The number of amides is 1. The average Bonchev–Trinajstić information content (AvgIpc) is 2.52. The molecule has 0 unspecified atom stereocenters. The van der Waals surface area contributed by atoms with Crippen molar-refractivity contribution in [1.29, 1.82) is 0 Å². The fourth-order valence-electron chi connectivity index (χ4n) is 1.75. The smallest absolute Gasteiger partial charge is 0.408 e. The first-order valence-electron chi connectivity index (χ1n) is 6.85. The summed E-state index contributed by atoms with van der Waals surface area (Å²) >= 11 is 6.07.